The van der Waals surface area contributed by atoms with Crippen LogP contribution in [0.4, 0.5) is 9.52 Å². The first-order chi connectivity index (χ1) is 9.15. The van der Waals surface area contributed by atoms with Crippen LogP contribution in [0.1, 0.15) is 5.56 Å². The van der Waals surface area contributed by atoms with Gasteiger partial charge in [-0.3, -0.25) is 14.9 Å². The molecular weight excluding hydrogens is 269 g/mol. The van der Waals surface area contributed by atoms with Gasteiger partial charge in [0.1, 0.15) is 5.82 Å². The standard InChI is InChI=1S/C12H10FN3O2S/c13-9-3-1-8(2-4-9)7-15-10(17)11(18)16-12-14-5-6-19-12/h1-6H,7H2,(H,15,17)(H,14,16,18). The summed E-state index contributed by atoms with van der Waals surface area (Å²) in [5.41, 5.74) is 0.705. The van der Waals surface area contributed by atoms with Gasteiger partial charge in [0.05, 0.1) is 0 Å². The molecule has 1 aromatic carbocycles. The molecule has 0 bridgehead atoms. The highest BCUT2D eigenvalue weighted by atomic mass is 32.1. The van der Waals surface area contributed by atoms with E-state index >= 15 is 0 Å². The third-order valence-electron chi connectivity index (χ3n) is 2.23. The quantitative estimate of drug-likeness (QED) is 0.837. The lowest BCUT2D eigenvalue weighted by molar-refractivity contribution is -0.136. The van der Waals surface area contributed by atoms with Crippen molar-refractivity contribution in [3.63, 3.8) is 0 Å². The van der Waals surface area contributed by atoms with E-state index in [9.17, 15) is 14.0 Å². The van der Waals surface area contributed by atoms with E-state index in [1.807, 2.05) is 0 Å². The van der Waals surface area contributed by atoms with Gasteiger partial charge < -0.3 is 5.32 Å². The maximum Gasteiger partial charge on any atom is 0.315 e. The minimum Gasteiger partial charge on any atom is -0.344 e. The zero-order valence-corrected chi connectivity index (χ0v) is 10.5. The molecule has 0 fully saturated rings. The van der Waals surface area contributed by atoms with E-state index in [4.69, 9.17) is 0 Å². The molecule has 2 rings (SSSR count). The summed E-state index contributed by atoms with van der Waals surface area (Å²) in [5.74, 6) is -1.90. The molecule has 0 spiro atoms. The maximum atomic E-state index is 12.7. The Kier molecular flexibility index (Phi) is 4.19. The molecule has 0 aliphatic heterocycles. The van der Waals surface area contributed by atoms with Crippen LogP contribution in [0.15, 0.2) is 35.8 Å². The lowest BCUT2D eigenvalue weighted by atomic mass is 10.2. The number of rotatable bonds is 3. The van der Waals surface area contributed by atoms with Crippen molar-refractivity contribution >= 4 is 28.3 Å². The molecule has 2 N–H and O–H groups in total. The number of hydrogen-bond acceptors (Lipinski definition) is 4. The Morgan fingerprint density at radius 3 is 2.58 bits per heavy atom. The van der Waals surface area contributed by atoms with Gasteiger partial charge in [0.25, 0.3) is 0 Å². The summed E-state index contributed by atoms with van der Waals surface area (Å²) in [4.78, 5) is 26.8. The molecule has 0 unspecified atom stereocenters. The molecule has 0 atom stereocenters. The zero-order chi connectivity index (χ0) is 13.7. The number of nitrogens with one attached hydrogen (secondary N) is 2. The molecule has 98 valence electrons. The van der Waals surface area contributed by atoms with Gasteiger partial charge in [-0.1, -0.05) is 12.1 Å². The first-order valence-corrected chi connectivity index (χ1v) is 6.26. The van der Waals surface area contributed by atoms with Crippen molar-refractivity contribution in [2.45, 2.75) is 6.54 Å². The van der Waals surface area contributed by atoms with Crippen molar-refractivity contribution in [1.29, 1.82) is 0 Å². The van der Waals surface area contributed by atoms with E-state index in [0.29, 0.717) is 10.7 Å². The molecule has 2 amide bonds. The minimum atomic E-state index is -0.780. The summed E-state index contributed by atoms with van der Waals surface area (Å²) in [6.45, 7) is 0.157. The first kappa shape index (κ1) is 13.2. The second-order valence-corrected chi connectivity index (χ2v) is 4.50. The van der Waals surface area contributed by atoms with Gasteiger partial charge in [0.15, 0.2) is 5.13 Å². The smallest absolute Gasteiger partial charge is 0.315 e. The zero-order valence-electron chi connectivity index (χ0n) is 9.72. The lowest BCUT2D eigenvalue weighted by Crippen LogP contribution is -2.34. The van der Waals surface area contributed by atoms with Gasteiger partial charge in [-0.05, 0) is 17.7 Å². The molecule has 19 heavy (non-hydrogen) atoms. The van der Waals surface area contributed by atoms with Crippen molar-refractivity contribution < 1.29 is 14.0 Å². The Balaban J connectivity index is 1.84. The van der Waals surface area contributed by atoms with Gasteiger partial charge in [0, 0.05) is 18.1 Å². The lowest BCUT2D eigenvalue weighted by Gasteiger charge is -2.04. The van der Waals surface area contributed by atoms with Crippen LogP contribution < -0.4 is 10.6 Å². The van der Waals surface area contributed by atoms with E-state index in [-0.39, 0.29) is 12.4 Å². The maximum absolute atomic E-state index is 12.7. The van der Waals surface area contributed by atoms with Crippen molar-refractivity contribution in [3.8, 4) is 0 Å². The second kappa shape index (κ2) is 6.05. The molecule has 2 aromatic rings. The van der Waals surface area contributed by atoms with Crippen molar-refractivity contribution in [3.05, 3.63) is 47.2 Å². The van der Waals surface area contributed by atoms with E-state index in [2.05, 4.69) is 15.6 Å². The molecule has 1 aromatic heterocycles. The van der Waals surface area contributed by atoms with E-state index in [1.54, 1.807) is 5.38 Å². The monoisotopic (exact) mass is 279 g/mol. The van der Waals surface area contributed by atoms with Crippen LogP contribution in [0.25, 0.3) is 0 Å². The molecule has 0 saturated heterocycles. The summed E-state index contributed by atoms with van der Waals surface area (Å²) in [6, 6.07) is 5.65. The Hall–Kier alpha value is -2.28. The number of amides is 2. The summed E-state index contributed by atoms with van der Waals surface area (Å²) < 4.78 is 12.7. The molecule has 0 radical (unpaired) electrons. The average Bonchev–Trinajstić information content (AvgIpc) is 2.90. The van der Waals surface area contributed by atoms with Crippen LogP contribution in [0, 0.1) is 5.82 Å². The molecule has 0 saturated carbocycles. The number of benzene rings is 1. The van der Waals surface area contributed by atoms with E-state index in [0.717, 1.165) is 0 Å². The van der Waals surface area contributed by atoms with Gasteiger partial charge in [-0.15, -0.1) is 11.3 Å². The molecule has 1 heterocycles. The highest BCUT2D eigenvalue weighted by molar-refractivity contribution is 7.13. The van der Waals surface area contributed by atoms with Crippen LogP contribution in [0.2, 0.25) is 0 Å². The number of hydrogen-bond donors (Lipinski definition) is 2. The average molecular weight is 279 g/mol. The molecule has 0 aliphatic rings. The Morgan fingerprint density at radius 2 is 1.95 bits per heavy atom. The summed E-state index contributed by atoms with van der Waals surface area (Å²) in [5, 5.41) is 6.85. The highest BCUT2D eigenvalue weighted by Gasteiger charge is 2.14. The molecule has 0 aliphatic carbocycles. The fourth-order valence-electron chi connectivity index (χ4n) is 1.30. The van der Waals surface area contributed by atoms with Crippen molar-refractivity contribution in [2.75, 3.05) is 5.32 Å². The van der Waals surface area contributed by atoms with Crippen LogP contribution in [-0.2, 0) is 16.1 Å². The Labute approximate surface area is 112 Å². The third kappa shape index (κ3) is 3.85. The first-order valence-electron chi connectivity index (χ1n) is 5.38. The number of carbonyl (C=O) groups is 2. The van der Waals surface area contributed by atoms with Crippen LogP contribution in [-0.4, -0.2) is 16.8 Å². The fourth-order valence-corrected chi connectivity index (χ4v) is 1.83. The Bertz CT molecular complexity index is 569. The number of nitrogens with zero attached hydrogens (tertiary/aromatic N) is 1. The van der Waals surface area contributed by atoms with Crippen molar-refractivity contribution in [2.24, 2.45) is 0 Å². The summed E-state index contributed by atoms with van der Waals surface area (Å²) >= 11 is 1.22. The molecule has 5 nitrogen and oxygen atoms in total. The molecular formula is C12H10FN3O2S. The Morgan fingerprint density at radius 1 is 1.21 bits per heavy atom. The summed E-state index contributed by atoms with van der Waals surface area (Å²) in [7, 11) is 0. The molecule has 7 heteroatoms. The SMILES string of the molecule is O=C(NCc1ccc(F)cc1)C(=O)Nc1nccs1. The predicted molar refractivity (Wildman–Crippen MR) is 69.0 cm³/mol. The number of aromatic nitrogens is 1. The largest absolute Gasteiger partial charge is 0.344 e. The van der Waals surface area contributed by atoms with E-state index in [1.165, 1.54) is 41.8 Å². The van der Waals surface area contributed by atoms with Crippen LogP contribution in [0.5, 0.6) is 0 Å². The number of carbonyl (C=O) groups excluding carboxylic acids is 2. The topological polar surface area (TPSA) is 71.1 Å². The normalized spacial score (nSPS) is 9.95. The second-order valence-electron chi connectivity index (χ2n) is 3.60. The highest BCUT2D eigenvalue weighted by Crippen LogP contribution is 2.09. The number of anilines is 1. The minimum absolute atomic E-state index is 0.157. The van der Waals surface area contributed by atoms with Gasteiger partial charge in [-0.2, -0.15) is 0 Å². The van der Waals surface area contributed by atoms with Crippen LogP contribution in [0.3, 0.4) is 0 Å². The number of halogens is 1. The van der Waals surface area contributed by atoms with Gasteiger partial charge >= 0.3 is 11.8 Å². The third-order valence-corrected chi connectivity index (χ3v) is 2.91. The van der Waals surface area contributed by atoms with Gasteiger partial charge in [0.2, 0.25) is 0 Å². The fraction of sp³-hybridized carbons (Fsp3) is 0.0833. The number of thiazole rings is 1. The van der Waals surface area contributed by atoms with Crippen LogP contribution >= 0.6 is 11.3 Å². The summed E-state index contributed by atoms with van der Waals surface area (Å²) in [6.07, 6.45) is 1.52. The van der Waals surface area contributed by atoms with Gasteiger partial charge in [-0.25, -0.2) is 9.37 Å². The predicted octanol–water partition coefficient (Wildman–Crippen LogP) is 1.54. The van der Waals surface area contributed by atoms with Crippen molar-refractivity contribution in [1.82, 2.24) is 10.3 Å². The van der Waals surface area contributed by atoms with E-state index < -0.39 is 11.8 Å².